The molecule has 1 aromatic carbocycles. The fourth-order valence-corrected chi connectivity index (χ4v) is 1.34. The molecule has 1 aromatic heterocycles. The van der Waals surface area contributed by atoms with E-state index in [1.807, 2.05) is 0 Å². The molecule has 0 saturated carbocycles. The number of aliphatic hydroxyl groups is 4. The predicted molar refractivity (Wildman–Crippen MR) is 68.8 cm³/mol. The Hall–Kier alpha value is -1.66. The maximum atomic E-state index is 8.64. The van der Waals surface area contributed by atoms with Gasteiger partial charge in [0, 0.05) is 0 Å². The number of benzene rings is 1. The van der Waals surface area contributed by atoms with Crippen LogP contribution < -0.4 is 0 Å². The van der Waals surface area contributed by atoms with Gasteiger partial charge in [-0.05, 0) is 23.3 Å². The lowest BCUT2D eigenvalue weighted by Crippen LogP contribution is -1.85. The summed E-state index contributed by atoms with van der Waals surface area (Å²) in [4.78, 5) is 0. The van der Waals surface area contributed by atoms with E-state index in [1.165, 1.54) is 0 Å². The third kappa shape index (κ3) is 5.23. The van der Waals surface area contributed by atoms with Crippen molar-refractivity contribution in [1.29, 1.82) is 0 Å². The smallest absolute Gasteiger partial charge is 0.129 e. The Kier molecular flexibility index (Phi) is 6.84. The standard InChI is InChI=1S/C8H10O2.C6H8O3/c9-5-7-1-2-8(6-10)4-3-7;7-3-5-1-2-6(4-8)9-5/h1-4,9-10H,5-6H2;1-2,7-8H,3-4H2. The van der Waals surface area contributed by atoms with Crippen LogP contribution in [0.25, 0.3) is 0 Å². The van der Waals surface area contributed by atoms with Crippen molar-refractivity contribution in [3.63, 3.8) is 0 Å². The SMILES string of the molecule is OCc1ccc(CO)cc1.OCc1ccc(CO)o1. The summed E-state index contributed by atoms with van der Waals surface area (Å²) in [5.74, 6) is 0.970. The lowest BCUT2D eigenvalue weighted by Gasteiger charge is -1.96. The van der Waals surface area contributed by atoms with Gasteiger partial charge in [-0.25, -0.2) is 0 Å². The zero-order valence-electron chi connectivity index (χ0n) is 10.5. The molecule has 0 saturated heterocycles. The third-order valence-corrected chi connectivity index (χ3v) is 2.42. The lowest BCUT2D eigenvalue weighted by molar-refractivity contribution is 0.215. The third-order valence-electron chi connectivity index (χ3n) is 2.42. The summed E-state index contributed by atoms with van der Waals surface area (Å²) in [7, 11) is 0. The van der Waals surface area contributed by atoms with E-state index >= 15 is 0 Å². The van der Waals surface area contributed by atoms with Crippen molar-refractivity contribution in [1.82, 2.24) is 0 Å². The molecule has 0 amide bonds. The zero-order valence-corrected chi connectivity index (χ0v) is 10.5. The summed E-state index contributed by atoms with van der Waals surface area (Å²) < 4.78 is 4.88. The van der Waals surface area contributed by atoms with Gasteiger partial charge in [0.2, 0.25) is 0 Å². The average molecular weight is 266 g/mol. The van der Waals surface area contributed by atoms with Crippen molar-refractivity contribution < 1.29 is 24.8 Å². The van der Waals surface area contributed by atoms with E-state index in [2.05, 4.69) is 0 Å². The van der Waals surface area contributed by atoms with Crippen molar-refractivity contribution in [3.8, 4) is 0 Å². The Morgan fingerprint density at radius 1 is 0.579 bits per heavy atom. The number of hydrogen-bond acceptors (Lipinski definition) is 5. The molecule has 0 bridgehead atoms. The summed E-state index contributed by atoms with van der Waals surface area (Å²) in [5.41, 5.74) is 1.74. The molecule has 0 unspecified atom stereocenters. The van der Waals surface area contributed by atoms with Crippen molar-refractivity contribution in [2.45, 2.75) is 26.4 Å². The second-order valence-corrected chi connectivity index (χ2v) is 3.82. The summed E-state index contributed by atoms with van der Waals surface area (Å²) in [5, 5.41) is 34.2. The monoisotopic (exact) mass is 266 g/mol. The molecule has 0 spiro atoms. The van der Waals surface area contributed by atoms with E-state index in [9.17, 15) is 0 Å². The first-order chi connectivity index (χ1) is 9.23. The van der Waals surface area contributed by atoms with Gasteiger partial charge in [0.25, 0.3) is 0 Å². The number of hydrogen-bond donors (Lipinski definition) is 4. The summed E-state index contributed by atoms with van der Waals surface area (Å²) in [6.07, 6.45) is 0. The summed E-state index contributed by atoms with van der Waals surface area (Å²) >= 11 is 0. The maximum Gasteiger partial charge on any atom is 0.129 e. The number of rotatable bonds is 4. The highest BCUT2D eigenvalue weighted by Crippen LogP contribution is 2.06. The quantitative estimate of drug-likeness (QED) is 0.660. The van der Waals surface area contributed by atoms with E-state index < -0.39 is 0 Å². The van der Waals surface area contributed by atoms with Crippen LogP contribution >= 0.6 is 0 Å². The van der Waals surface area contributed by atoms with Crippen molar-refractivity contribution in [2.24, 2.45) is 0 Å². The molecule has 0 aliphatic carbocycles. The second-order valence-electron chi connectivity index (χ2n) is 3.82. The van der Waals surface area contributed by atoms with Crippen LogP contribution in [0.2, 0.25) is 0 Å². The fraction of sp³-hybridized carbons (Fsp3) is 0.286. The Labute approximate surface area is 111 Å². The molecule has 4 N–H and O–H groups in total. The molecular weight excluding hydrogens is 248 g/mol. The van der Waals surface area contributed by atoms with Crippen LogP contribution in [0, 0.1) is 0 Å². The first kappa shape index (κ1) is 15.4. The molecule has 19 heavy (non-hydrogen) atoms. The lowest BCUT2D eigenvalue weighted by atomic mass is 10.1. The molecule has 0 aliphatic heterocycles. The van der Waals surface area contributed by atoms with Crippen LogP contribution in [0.5, 0.6) is 0 Å². The van der Waals surface area contributed by atoms with E-state index in [0.717, 1.165) is 11.1 Å². The van der Waals surface area contributed by atoms with Crippen LogP contribution in [-0.4, -0.2) is 20.4 Å². The molecule has 5 nitrogen and oxygen atoms in total. The van der Waals surface area contributed by atoms with Crippen molar-refractivity contribution in [3.05, 3.63) is 59.0 Å². The van der Waals surface area contributed by atoms with E-state index in [0.29, 0.717) is 11.5 Å². The van der Waals surface area contributed by atoms with Crippen LogP contribution in [0.4, 0.5) is 0 Å². The van der Waals surface area contributed by atoms with Crippen LogP contribution in [-0.2, 0) is 26.4 Å². The van der Waals surface area contributed by atoms with Gasteiger partial charge < -0.3 is 24.8 Å². The van der Waals surface area contributed by atoms with Gasteiger partial charge in [0.05, 0.1) is 13.2 Å². The Morgan fingerprint density at radius 3 is 1.16 bits per heavy atom. The van der Waals surface area contributed by atoms with Crippen molar-refractivity contribution >= 4 is 0 Å². The Bertz CT molecular complexity index is 419. The average Bonchev–Trinajstić information content (AvgIpc) is 2.96. The van der Waals surface area contributed by atoms with Crippen LogP contribution in [0.3, 0.4) is 0 Å². The highest BCUT2D eigenvalue weighted by atomic mass is 16.4. The highest BCUT2D eigenvalue weighted by Gasteiger charge is 1.96. The Morgan fingerprint density at radius 2 is 0.947 bits per heavy atom. The van der Waals surface area contributed by atoms with Crippen molar-refractivity contribution in [2.75, 3.05) is 0 Å². The highest BCUT2D eigenvalue weighted by molar-refractivity contribution is 5.21. The summed E-state index contributed by atoms with van der Waals surface area (Å²) in [6.45, 7) is -0.0998. The molecule has 104 valence electrons. The van der Waals surface area contributed by atoms with Gasteiger partial charge in [0.15, 0.2) is 0 Å². The molecular formula is C14H18O5. The molecule has 0 aliphatic rings. The largest absolute Gasteiger partial charge is 0.461 e. The number of aliphatic hydroxyl groups excluding tert-OH is 4. The summed E-state index contributed by atoms with van der Waals surface area (Å²) in [6, 6.07) is 10.4. The minimum atomic E-state index is -0.111. The molecule has 0 atom stereocenters. The van der Waals surface area contributed by atoms with Crippen LogP contribution in [0.15, 0.2) is 40.8 Å². The van der Waals surface area contributed by atoms with Gasteiger partial charge in [-0.2, -0.15) is 0 Å². The predicted octanol–water partition coefficient (Wildman–Crippen LogP) is 0.935. The molecule has 1 heterocycles. The molecule has 2 aromatic rings. The maximum absolute atomic E-state index is 8.64. The van der Waals surface area contributed by atoms with Gasteiger partial charge in [-0.3, -0.25) is 0 Å². The van der Waals surface area contributed by atoms with E-state index in [-0.39, 0.29) is 26.4 Å². The van der Waals surface area contributed by atoms with Crippen LogP contribution in [0.1, 0.15) is 22.6 Å². The van der Waals surface area contributed by atoms with Gasteiger partial charge in [-0.1, -0.05) is 24.3 Å². The van der Waals surface area contributed by atoms with Gasteiger partial charge in [-0.15, -0.1) is 0 Å². The zero-order chi connectivity index (χ0) is 14.1. The van der Waals surface area contributed by atoms with E-state index in [4.69, 9.17) is 24.8 Å². The second kappa shape index (κ2) is 8.44. The van der Waals surface area contributed by atoms with E-state index in [1.54, 1.807) is 36.4 Å². The minimum Gasteiger partial charge on any atom is -0.461 e. The van der Waals surface area contributed by atoms with Gasteiger partial charge in [0.1, 0.15) is 24.7 Å². The van der Waals surface area contributed by atoms with Gasteiger partial charge >= 0.3 is 0 Å². The molecule has 5 heteroatoms. The Balaban J connectivity index is 0.000000191. The molecule has 0 fully saturated rings. The first-order valence-corrected chi connectivity index (χ1v) is 5.82. The normalized spacial score (nSPS) is 9.89. The topological polar surface area (TPSA) is 94.1 Å². The molecule has 0 radical (unpaired) electrons. The minimum absolute atomic E-state index is 0.0612. The first-order valence-electron chi connectivity index (χ1n) is 5.82. The molecule has 2 rings (SSSR count). The number of furan rings is 1. The fourth-order valence-electron chi connectivity index (χ4n) is 1.34.